The van der Waals surface area contributed by atoms with Gasteiger partial charge in [-0.3, -0.25) is 4.79 Å². The maximum absolute atomic E-state index is 12.7. The Morgan fingerprint density at radius 3 is 2.39 bits per heavy atom. The van der Waals surface area contributed by atoms with E-state index < -0.39 is 0 Å². The first kappa shape index (κ1) is 29.4. The molecular weight excluding hydrogens is 611 g/mol. The number of halogens is 2. The number of rotatable bonds is 9. The molecule has 0 unspecified atom stereocenters. The van der Waals surface area contributed by atoms with Crippen molar-refractivity contribution >= 4 is 68.3 Å². The molecule has 6 aromatic rings. The summed E-state index contributed by atoms with van der Waals surface area (Å²) in [6.45, 7) is 2.37. The third-order valence-electron chi connectivity index (χ3n) is 6.85. The molecule has 0 spiro atoms. The Hall–Kier alpha value is -4.69. The highest BCUT2D eigenvalue weighted by atomic mass is 35.5. The molecule has 1 amide bonds. The predicted molar refractivity (Wildman–Crippen MR) is 182 cm³/mol. The normalized spacial score (nSPS) is 11.2. The average Bonchev–Trinajstić information content (AvgIpc) is 3.50. The predicted octanol–water partition coefficient (Wildman–Crippen LogP) is 9.67. The van der Waals surface area contributed by atoms with Crippen LogP contribution in [0.15, 0.2) is 114 Å². The van der Waals surface area contributed by atoms with Gasteiger partial charge in [0, 0.05) is 22.2 Å². The number of aryl methyl sites for hydroxylation is 1. The van der Waals surface area contributed by atoms with E-state index in [1.165, 1.54) is 23.1 Å². The zero-order valence-corrected chi connectivity index (χ0v) is 25.9. The van der Waals surface area contributed by atoms with Gasteiger partial charge in [0.05, 0.1) is 22.0 Å². The summed E-state index contributed by atoms with van der Waals surface area (Å²) in [5.74, 6) is 0.0428. The monoisotopic (exact) mass is 636 g/mol. The number of hydrogen-bond acceptors (Lipinski definition) is 6. The molecule has 1 heterocycles. The quantitative estimate of drug-likeness (QED) is 0.122. The van der Waals surface area contributed by atoms with Crippen LogP contribution >= 0.6 is 34.5 Å². The highest BCUT2D eigenvalue weighted by Gasteiger charge is 2.11. The van der Waals surface area contributed by atoms with E-state index in [9.17, 15) is 4.79 Å². The van der Waals surface area contributed by atoms with Gasteiger partial charge in [-0.25, -0.2) is 10.4 Å². The summed E-state index contributed by atoms with van der Waals surface area (Å²) >= 11 is 14.5. The second-order valence-electron chi connectivity index (χ2n) is 10.1. The first-order valence-corrected chi connectivity index (χ1v) is 15.4. The number of ether oxygens (including phenoxy) is 1. The molecule has 0 radical (unpaired) electrons. The van der Waals surface area contributed by atoms with Crippen molar-refractivity contribution in [1.29, 1.82) is 0 Å². The van der Waals surface area contributed by atoms with E-state index >= 15 is 0 Å². The molecule has 0 aliphatic rings. The van der Waals surface area contributed by atoms with Crippen LogP contribution in [-0.2, 0) is 6.61 Å². The van der Waals surface area contributed by atoms with E-state index in [1.54, 1.807) is 24.3 Å². The minimum atomic E-state index is -0.347. The van der Waals surface area contributed by atoms with E-state index in [2.05, 4.69) is 64.1 Å². The molecule has 0 atom stereocenters. The molecule has 0 aliphatic heterocycles. The Kier molecular flexibility index (Phi) is 8.89. The van der Waals surface area contributed by atoms with E-state index in [4.69, 9.17) is 27.9 Å². The van der Waals surface area contributed by atoms with Crippen molar-refractivity contribution in [3.8, 4) is 17.0 Å². The van der Waals surface area contributed by atoms with Gasteiger partial charge in [-0.05, 0) is 71.3 Å². The highest BCUT2D eigenvalue weighted by molar-refractivity contribution is 7.14. The lowest BCUT2D eigenvalue weighted by atomic mass is 10.1. The maximum Gasteiger partial charge on any atom is 0.271 e. The molecule has 44 heavy (non-hydrogen) atoms. The largest absolute Gasteiger partial charge is 0.486 e. The number of aromatic nitrogens is 1. The average molecular weight is 638 g/mol. The molecule has 0 bridgehead atoms. The van der Waals surface area contributed by atoms with E-state index in [0.717, 1.165) is 38.4 Å². The summed E-state index contributed by atoms with van der Waals surface area (Å²) in [7, 11) is 0. The van der Waals surface area contributed by atoms with Crippen LogP contribution < -0.4 is 15.5 Å². The minimum Gasteiger partial charge on any atom is -0.486 e. The number of nitrogens with zero attached hydrogens (tertiary/aromatic N) is 2. The Labute approximate surface area is 269 Å². The van der Waals surface area contributed by atoms with Gasteiger partial charge in [0.1, 0.15) is 6.61 Å². The highest BCUT2D eigenvalue weighted by Crippen LogP contribution is 2.35. The molecule has 0 aliphatic carbocycles. The van der Waals surface area contributed by atoms with Gasteiger partial charge in [0.15, 0.2) is 10.9 Å². The van der Waals surface area contributed by atoms with Crippen LogP contribution in [0.4, 0.5) is 10.8 Å². The number of benzene rings is 5. The van der Waals surface area contributed by atoms with Gasteiger partial charge in [-0.2, -0.15) is 5.10 Å². The summed E-state index contributed by atoms with van der Waals surface area (Å²) in [6, 6.07) is 33.0. The number of carbonyl (C=O) groups excluding carboxylic acids is 1. The number of hydrazone groups is 1. The fraction of sp³-hybridized carbons (Fsp3) is 0.0571. The Bertz CT molecular complexity index is 1950. The van der Waals surface area contributed by atoms with Crippen LogP contribution in [0.25, 0.3) is 22.0 Å². The van der Waals surface area contributed by atoms with Gasteiger partial charge in [-0.15, -0.1) is 11.3 Å². The van der Waals surface area contributed by atoms with Crippen molar-refractivity contribution in [1.82, 2.24) is 10.4 Å². The number of hydrogen-bond donors (Lipinski definition) is 2. The lowest BCUT2D eigenvalue weighted by molar-refractivity contribution is 0.0955. The Morgan fingerprint density at radius 2 is 1.64 bits per heavy atom. The van der Waals surface area contributed by atoms with Gasteiger partial charge >= 0.3 is 0 Å². The van der Waals surface area contributed by atoms with Crippen molar-refractivity contribution in [2.75, 3.05) is 5.32 Å². The third-order valence-corrected chi connectivity index (χ3v) is 8.17. The lowest BCUT2D eigenvalue weighted by Gasteiger charge is -2.11. The van der Waals surface area contributed by atoms with E-state index in [-0.39, 0.29) is 5.91 Å². The van der Waals surface area contributed by atoms with E-state index in [1.807, 2.05) is 47.8 Å². The number of carbonyl (C=O) groups is 1. The number of fused-ring (bicyclic) bond motifs is 1. The molecule has 6 nitrogen and oxygen atoms in total. The number of anilines is 2. The minimum absolute atomic E-state index is 0.320. The molecule has 5 aromatic carbocycles. The molecule has 6 rings (SSSR count). The summed E-state index contributed by atoms with van der Waals surface area (Å²) < 4.78 is 5.95. The van der Waals surface area contributed by atoms with Crippen LogP contribution in [0.5, 0.6) is 5.75 Å². The Morgan fingerprint density at radius 1 is 0.909 bits per heavy atom. The SMILES string of the molecule is Cc1ccc(Nc2nc(-c3ccc(C(=O)N/N=C\c4cc(Cl)c(OCc5ccc6ccccc6c5)c(Cl)c4)cc3)cs2)cc1. The smallest absolute Gasteiger partial charge is 0.271 e. The lowest BCUT2D eigenvalue weighted by Crippen LogP contribution is -2.17. The zero-order valence-electron chi connectivity index (χ0n) is 23.6. The zero-order chi connectivity index (χ0) is 30.5. The Balaban J connectivity index is 1.04. The van der Waals surface area contributed by atoms with E-state index in [0.29, 0.717) is 33.5 Å². The van der Waals surface area contributed by atoms with Gasteiger partial charge < -0.3 is 10.1 Å². The fourth-order valence-electron chi connectivity index (χ4n) is 4.52. The third kappa shape index (κ3) is 7.09. The summed E-state index contributed by atoms with van der Waals surface area (Å²) in [5, 5.41) is 13.2. The van der Waals surface area contributed by atoms with Crippen molar-refractivity contribution < 1.29 is 9.53 Å². The van der Waals surface area contributed by atoms with Crippen molar-refractivity contribution in [2.24, 2.45) is 5.10 Å². The van der Waals surface area contributed by atoms with Gasteiger partial charge in [-0.1, -0.05) is 89.4 Å². The second kappa shape index (κ2) is 13.3. The number of amides is 1. The molecular formula is C35H26Cl2N4O2S. The van der Waals surface area contributed by atoms with Gasteiger partial charge in [0.25, 0.3) is 5.91 Å². The van der Waals surface area contributed by atoms with Crippen LogP contribution in [0.1, 0.15) is 27.0 Å². The summed E-state index contributed by atoms with van der Waals surface area (Å²) in [4.78, 5) is 17.3. The van der Waals surface area contributed by atoms with Crippen molar-refractivity contribution in [2.45, 2.75) is 13.5 Å². The van der Waals surface area contributed by atoms with Crippen LogP contribution in [0, 0.1) is 6.92 Å². The molecule has 1 aromatic heterocycles. The second-order valence-corrected chi connectivity index (χ2v) is 11.8. The van der Waals surface area contributed by atoms with Crippen molar-refractivity contribution in [3.05, 3.63) is 141 Å². The fourth-order valence-corrected chi connectivity index (χ4v) is 5.88. The summed E-state index contributed by atoms with van der Waals surface area (Å²) in [6.07, 6.45) is 1.48. The van der Waals surface area contributed by atoms with Crippen LogP contribution in [0.2, 0.25) is 10.0 Å². The van der Waals surface area contributed by atoms with Crippen LogP contribution in [-0.4, -0.2) is 17.1 Å². The molecule has 0 saturated carbocycles. The number of thiazole rings is 1. The molecule has 9 heteroatoms. The first-order chi connectivity index (χ1) is 21.4. The topological polar surface area (TPSA) is 75.6 Å². The van der Waals surface area contributed by atoms with Crippen molar-refractivity contribution in [3.63, 3.8) is 0 Å². The summed E-state index contributed by atoms with van der Waals surface area (Å²) in [5.41, 5.74) is 8.55. The molecule has 218 valence electrons. The number of nitrogens with one attached hydrogen (secondary N) is 2. The van der Waals surface area contributed by atoms with Crippen LogP contribution in [0.3, 0.4) is 0 Å². The van der Waals surface area contributed by atoms with Gasteiger partial charge in [0.2, 0.25) is 0 Å². The molecule has 0 fully saturated rings. The first-order valence-electron chi connectivity index (χ1n) is 13.7. The standard InChI is InChI=1S/C35H26Cl2N4O2S/c1-22-6-14-29(15-7-22)39-35-40-32(21-44-35)26-10-12-27(13-11-26)34(42)41-38-19-24-17-30(36)33(31(37)18-24)43-20-23-8-9-25-4-2-3-5-28(25)16-23/h2-19,21H,20H2,1H3,(H,39,40)(H,41,42)/b38-19-. The molecule has 2 N–H and O–H groups in total. The molecule has 0 saturated heterocycles. The maximum atomic E-state index is 12.7.